The number of amides is 1. The molecule has 2 aromatic carbocycles. The third-order valence-corrected chi connectivity index (χ3v) is 5.54. The third kappa shape index (κ3) is 4.03. The Labute approximate surface area is 172 Å². The predicted octanol–water partition coefficient (Wildman–Crippen LogP) is 3.46. The molecule has 0 aliphatic rings. The number of fused-ring (bicyclic) bond motifs is 2. The number of carbonyl (C=O) groups is 1. The topological polar surface area (TPSA) is 71.5 Å². The number of benzene rings is 2. The summed E-state index contributed by atoms with van der Waals surface area (Å²) in [5.41, 5.74) is 2.59. The first kappa shape index (κ1) is 19.2. The van der Waals surface area contributed by atoms with E-state index < -0.39 is 0 Å². The number of ether oxygens (including phenoxy) is 1. The molecule has 148 valence electrons. The second-order valence-corrected chi connectivity index (χ2v) is 7.84. The van der Waals surface area contributed by atoms with Gasteiger partial charge in [-0.3, -0.25) is 14.7 Å². The number of methoxy groups -OCH3 is 1. The second-order valence-electron chi connectivity index (χ2n) is 6.83. The van der Waals surface area contributed by atoms with E-state index in [-0.39, 0.29) is 5.91 Å². The zero-order valence-corrected chi connectivity index (χ0v) is 17.3. The Hall–Kier alpha value is -3.10. The lowest BCUT2D eigenvalue weighted by molar-refractivity contribution is 0.0980. The van der Waals surface area contributed by atoms with E-state index in [0.29, 0.717) is 29.4 Å². The number of hydrogen-bond donors (Lipinski definition) is 0. The van der Waals surface area contributed by atoms with Crippen LogP contribution >= 0.6 is 11.3 Å². The molecule has 2 aromatic heterocycles. The van der Waals surface area contributed by atoms with Crippen molar-refractivity contribution < 1.29 is 9.53 Å². The number of likely N-dealkylation sites (N-methyl/N-ethyl adjacent to an activating group) is 1. The molecule has 0 N–H and O–H groups in total. The van der Waals surface area contributed by atoms with E-state index in [1.807, 2.05) is 61.5 Å². The molecule has 0 radical (unpaired) electrons. The predicted molar refractivity (Wildman–Crippen MR) is 116 cm³/mol. The van der Waals surface area contributed by atoms with Gasteiger partial charge in [-0.2, -0.15) is 0 Å². The summed E-state index contributed by atoms with van der Waals surface area (Å²) in [6, 6.07) is 13.2. The van der Waals surface area contributed by atoms with Gasteiger partial charge in [0, 0.05) is 13.1 Å². The van der Waals surface area contributed by atoms with Gasteiger partial charge in [-0.15, -0.1) is 0 Å². The van der Waals surface area contributed by atoms with Crippen LogP contribution in [0, 0.1) is 0 Å². The highest BCUT2D eigenvalue weighted by Crippen LogP contribution is 2.32. The maximum Gasteiger partial charge on any atom is 0.280 e. The number of anilines is 1. The van der Waals surface area contributed by atoms with E-state index in [9.17, 15) is 4.79 Å². The summed E-state index contributed by atoms with van der Waals surface area (Å²) < 4.78 is 6.27. The molecule has 0 aliphatic heterocycles. The fraction of sp³-hybridized carbons (Fsp3) is 0.238. The molecule has 1 amide bonds. The maximum absolute atomic E-state index is 13.3. The first-order valence-corrected chi connectivity index (χ1v) is 10.00. The van der Waals surface area contributed by atoms with Crippen LogP contribution in [0.15, 0.2) is 48.7 Å². The van der Waals surface area contributed by atoms with Crippen molar-refractivity contribution in [1.82, 2.24) is 19.9 Å². The van der Waals surface area contributed by atoms with Gasteiger partial charge >= 0.3 is 0 Å². The highest BCUT2D eigenvalue weighted by molar-refractivity contribution is 7.22. The van der Waals surface area contributed by atoms with E-state index in [1.165, 1.54) is 17.5 Å². The van der Waals surface area contributed by atoms with Gasteiger partial charge < -0.3 is 9.64 Å². The Morgan fingerprint density at radius 3 is 2.59 bits per heavy atom. The molecule has 0 aliphatic carbocycles. The molecule has 4 aromatic rings. The molecule has 0 atom stereocenters. The fourth-order valence-electron chi connectivity index (χ4n) is 2.92. The quantitative estimate of drug-likeness (QED) is 0.487. The molecular weight excluding hydrogens is 386 g/mol. The van der Waals surface area contributed by atoms with Crippen molar-refractivity contribution in [3.63, 3.8) is 0 Å². The summed E-state index contributed by atoms with van der Waals surface area (Å²) in [6.45, 7) is 1.20. The molecule has 2 heterocycles. The first-order chi connectivity index (χ1) is 14.0. The van der Waals surface area contributed by atoms with E-state index in [2.05, 4.69) is 15.0 Å². The molecule has 4 rings (SSSR count). The SMILES string of the molecule is COc1ccc2nc(N(CCN(C)C)C(=O)c3cnc4ccccc4n3)sc2c1. The number of aromatic nitrogens is 3. The van der Waals surface area contributed by atoms with Crippen molar-refractivity contribution in [3.05, 3.63) is 54.4 Å². The standard InChI is InChI=1S/C21H21N5O2S/c1-25(2)10-11-26(21-24-17-9-8-14(28-3)12-19(17)29-21)20(27)18-13-22-15-6-4-5-7-16(15)23-18/h4-9,12-13H,10-11H2,1-3H3. The van der Waals surface area contributed by atoms with Crippen molar-refractivity contribution in [1.29, 1.82) is 0 Å². The first-order valence-electron chi connectivity index (χ1n) is 9.18. The zero-order valence-electron chi connectivity index (χ0n) is 16.5. The lowest BCUT2D eigenvalue weighted by atomic mass is 10.3. The van der Waals surface area contributed by atoms with Crippen LogP contribution in [0.25, 0.3) is 21.3 Å². The van der Waals surface area contributed by atoms with Gasteiger partial charge in [0.2, 0.25) is 0 Å². The summed E-state index contributed by atoms with van der Waals surface area (Å²) >= 11 is 1.46. The molecule has 0 bridgehead atoms. The number of para-hydroxylation sites is 2. The second kappa shape index (κ2) is 8.10. The van der Waals surface area contributed by atoms with Crippen LogP contribution < -0.4 is 9.64 Å². The summed E-state index contributed by atoms with van der Waals surface area (Å²) in [6.07, 6.45) is 1.53. The number of carbonyl (C=O) groups excluding carboxylic acids is 1. The van der Waals surface area contributed by atoms with Crippen molar-refractivity contribution in [2.24, 2.45) is 0 Å². The Kier molecular flexibility index (Phi) is 5.37. The van der Waals surface area contributed by atoms with Crippen LogP contribution in [-0.2, 0) is 0 Å². The number of nitrogens with zero attached hydrogens (tertiary/aromatic N) is 5. The van der Waals surface area contributed by atoms with E-state index in [0.717, 1.165) is 21.5 Å². The maximum atomic E-state index is 13.3. The average Bonchev–Trinajstić information content (AvgIpc) is 3.15. The van der Waals surface area contributed by atoms with Crippen LogP contribution in [-0.4, -0.2) is 60.1 Å². The molecule has 0 saturated heterocycles. The Morgan fingerprint density at radius 1 is 1.03 bits per heavy atom. The number of rotatable bonds is 6. The van der Waals surface area contributed by atoms with Gasteiger partial charge in [0.1, 0.15) is 11.4 Å². The summed E-state index contributed by atoms with van der Waals surface area (Å²) in [5, 5.41) is 0.634. The summed E-state index contributed by atoms with van der Waals surface area (Å²) in [7, 11) is 5.58. The van der Waals surface area contributed by atoms with Gasteiger partial charge in [0.15, 0.2) is 5.13 Å². The van der Waals surface area contributed by atoms with Crippen LogP contribution in [0.4, 0.5) is 5.13 Å². The monoisotopic (exact) mass is 407 g/mol. The minimum Gasteiger partial charge on any atom is -0.497 e. The molecular formula is C21H21N5O2S. The molecule has 7 nitrogen and oxygen atoms in total. The van der Waals surface area contributed by atoms with E-state index in [1.54, 1.807) is 12.0 Å². The fourth-order valence-corrected chi connectivity index (χ4v) is 3.94. The molecule has 29 heavy (non-hydrogen) atoms. The largest absolute Gasteiger partial charge is 0.497 e. The van der Waals surface area contributed by atoms with Crippen molar-refractivity contribution >= 4 is 43.6 Å². The third-order valence-electron chi connectivity index (χ3n) is 4.50. The molecule has 0 fully saturated rings. The van der Waals surface area contributed by atoms with Crippen molar-refractivity contribution in [2.75, 3.05) is 39.2 Å². The lowest BCUT2D eigenvalue weighted by Crippen LogP contribution is -2.37. The zero-order chi connectivity index (χ0) is 20.4. The van der Waals surface area contributed by atoms with Crippen LogP contribution in [0.5, 0.6) is 5.75 Å². The molecule has 0 spiro atoms. The van der Waals surface area contributed by atoms with E-state index >= 15 is 0 Å². The molecule has 8 heteroatoms. The Balaban J connectivity index is 1.73. The van der Waals surface area contributed by atoms with E-state index in [4.69, 9.17) is 4.74 Å². The highest BCUT2D eigenvalue weighted by Gasteiger charge is 2.23. The van der Waals surface area contributed by atoms with Crippen molar-refractivity contribution in [3.8, 4) is 5.75 Å². The van der Waals surface area contributed by atoms with Gasteiger partial charge in [0.25, 0.3) is 5.91 Å². The van der Waals surface area contributed by atoms with Gasteiger partial charge in [0.05, 0.1) is 34.6 Å². The highest BCUT2D eigenvalue weighted by atomic mass is 32.1. The normalized spacial score (nSPS) is 11.3. The minimum atomic E-state index is -0.212. The summed E-state index contributed by atoms with van der Waals surface area (Å²) in [5.74, 6) is 0.551. The van der Waals surface area contributed by atoms with Gasteiger partial charge in [-0.25, -0.2) is 9.97 Å². The molecule has 0 unspecified atom stereocenters. The van der Waals surface area contributed by atoms with Gasteiger partial charge in [-0.05, 0) is 44.4 Å². The Bertz CT molecular complexity index is 1170. The minimum absolute atomic E-state index is 0.212. The lowest BCUT2D eigenvalue weighted by Gasteiger charge is -2.21. The van der Waals surface area contributed by atoms with Crippen LogP contribution in [0.3, 0.4) is 0 Å². The molecule has 0 saturated carbocycles. The number of thiazole rings is 1. The summed E-state index contributed by atoms with van der Waals surface area (Å²) in [4.78, 5) is 30.6. The van der Waals surface area contributed by atoms with Gasteiger partial charge in [-0.1, -0.05) is 23.5 Å². The average molecular weight is 407 g/mol. The Morgan fingerprint density at radius 2 is 1.83 bits per heavy atom. The van der Waals surface area contributed by atoms with Crippen molar-refractivity contribution in [2.45, 2.75) is 0 Å². The smallest absolute Gasteiger partial charge is 0.280 e. The van der Waals surface area contributed by atoms with Crippen LogP contribution in [0.1, 0.15) is 10.5 Å². The number of hydrogen-bond acceptors (Lipinski definition) is 7. The van der Waals surface area contributed by atoms with Crippen LogP contribution in [0.2, 0.25) is 0 Å².